The number of hydrogen-bond donors (Lipinski definition) is 0. The molecule has 5 rings (SSSR count). The Morgan fingerprint density at radius 1 is 1.03 bits per heavy atom. The fourth-order valence-corrected chi connectivity index (χ4v) is 4.39. The molecule has 1 aliphatic carbocycles. The molecule has 3 aliphatic rings. The lowest BCUT2D eigenvalue weighted by Crippen LogP contribution is -2.37. The normalized spacial score (nSPS) is 20.7. The second kappa shape index (κ2) is 8.96. The zero-order chi connectivity index (χ0) is 21.2. The first-order chi connectivity index (χ1) is 15.2. The molecule has 0 atom stereocenters. The van der Waals surface area contributed by atoms with Crippen LogP contribution in [-0.2, 0) is 11.3 Å². The molecule has 0 aromatic carbocycles. The van der Waals surface area contributed by atoms with Gasteiger partial charge in [-0.05, 0) is 44.8 Å². The van der Waals surface area contributed by atoms with Gasteiger partial charge in [0.1, 0.15) is 5.69 Å². The number of aromatic nitrogens is 3. The van der Waals surface area contributed by atoms with Crippen LogP contribution >= 0.6 is 0 Å². The highest BCUT2D eigenvalue weighted by Crippen LogP contribution is 2.33. The molecule has 2 saturated heterocycles. The first-order valence-corrected chi connectivity index (χ1v) is 11.5. The molecule has 1 amide bonds. The maximum absolute atomic E-state index is 13.4. The topological polar surface area (TPSA) is 66.7 Å². The van der Waals surface area contributed by atoms with Crippen LogP contribution in [0.1, 0.15) is 29.8 Å². The summed E-state index contributed by atoms with van der Waals surface area (Å²) in [6.45, 7) is 7.58. The Labute approximate surface area is 183 Å². The van der Waals surface area contributed by atoms with Crippen molar-refractivity contribution in [2.75, 3.05) is 64.4 Å². The summed E-state index contributed by atoms with van der Waals surface area (Å²) in [4.78, 5) is 29.1. The van der Waals surface area contributed by atoms with E-state index < -0.39 is 0 Å². The van der Waals surface area contributed by atoms with Crippen molar-refractivity contribution in [2.45, 2.75) is 25.8 Å². The van der Waals surface area contributed by atoms with Gasteiger partial charge in [-0.3, -0.25) is 4.79 Å². The highest BCUT2D eigenvalue weighted by atomic mass is 16.5. The van der Waals surface area contributed by atoms with Crippen molar-refractivity contribution in [3.8, 4) is 11.1 Å². The van der Waals surface area contributed by atoms with Crippen LogP contribution in [-0.4, -0.2) is 89.8 Å². The Balaban J connectivity index is 1.38. The second-order valence-corrected chi connectivity index (χ2v) is 9.03. The largest absolute Gasteiger partial charge is 0.378 e. The van der Waals surface area contributed by atoms with E-state index in [1.54, 1.807) is 0 Å². The maximum Gasteiger partial charge on any atom is 0.270 e. The summed E-state index contributed by atoms with van der Waals surface area (Å²) in [5.41, 5.74) is 2.77. The van der Waals surface area contributed by atoms with Gasteiger partial charge in [0, 0.05) is 69.0 Å². The number of rotatable bonds is 5. The highest BCUT2D eigenvalue weighted by Gasteiger charge is 2.27. The lowest BCUT2D eigenvalue weighted by atomic mass is 10.2. The summed E-state index contributed by atoms with van der Waals surface area (Å²) in [5.74, 6) is 1.59. The molecule has 3 fully saturated rings. The van der Waals surface area contributed by atoms with Gasteiger partial charge in [-0.15, -0.1) is 0 Å². The van der Waals surface area contributed by atoms with Gasteiger partial charge < -0.3 is 24.0 Å². The molecule has 2 aromatic rings. The number of likely N-dealkylation sites (N-methyl/N-ethyl adjacent to an activating group) is 1. The van der Waals surface area contributed by atoms with E-state index in [4.69, 9.17) is 4.74 Å². The van der Waals surface area contributed by atoms with Crippen molar-refractivity contribution in [2.24, 2.45) is 5.92 Å². The quantitative estimate of drug-likeness (QED) is 0.731. The number of carbonyl (C=O) groups excluding carboxylic acids is 1. The van der Waals surface area contributed by atoms with Crippen LogP contribution in [0.5, 0.6) is 0 Å². The third kappa shape index (κ3) is 4.75. The summed E-state index contributed by atoms with van der Waals surface area (Å²) in [6, 6.07) is 2.03. The van der Waals surface area contributed by atoms with E-state index in [1.807, 2.05) is 23.4 Å². The van der Waals surface area contributed by atoms with Crippen molar-refractivity contribution in [1.82, 2.24) is 24.3 Å². The number of anilines is 1. The third-order valence-corrected chi connectivity index (χ3v) is 6.54. The fraction of sp³-hybridized carbons (Fsp3) is 0.609. The minimum atomic E-state index is 0.146. The molecule has 8 nitrogen and oxygen atoms in total. The standard InChI is InChI=1S/C23H32N6O2/c1-26-5-2-6-27(8-7-26)22(30)21-13-19(17-29(21)16-18-3-4-18)20-14-24-23(25-15-20)28-9-11-31-12-10-28/h13-15,17-18H,2-12,16H2,1H3. The average Bonchev–Trinajstić information content (AvgIpc) is 3.56. The number of hydrogen-bond acceptors (Lipinski definition) is 6. The van der Waals surface area contributed by atoms with Crippen LogP contribution in [0.25, 0.3) is 11.1 Å². The van der Waals surface area contributed by atoms with E-state index in [2.05, 4.69) is 37.6 Å². The number of carbonyl (C=O) groups is 1. The molecule has 0 radical (unpaired) electrons. The first kappa shape index (κ1) is 20.5. The van der Waals surface area contributed by atoms with E-state index in [1.165, 1.54) is 12.8 Å². The van der Waals surface area contributed by atoms with Crippen LogP contribution in [0.3, 0.4) is 0 Å². The lowest BCUT2D eigenvalue weighted by Gasteiger charge is -2.26. The summed E-state index contributed by atoms with van der Waals surface area (Å²) < 4.78 is 7.58. The smallest absolute Gasteiger partial charge is 0.270 e. The van der Waals surface area contributed by atoms with E-state index in [0.29, 0.717) is 19.1 Å². The van der Waals surface area contributed by atoms with E-state index in [-0.39, 0.29) is 5.91 Å². The molecule has 2 aromatic heterocycles. The molecule has 8 heteroatoms. The second-order valence-electron chi connectivity index (χ2n) is 9.03. The molecule has 2 aliphatic heterocycles. The summed E-state index contributed by atoms with van der Waals surface area (Å²) >= 11 is 0. The Kier molecular flexibility index (Phi) is 5.91. The van der Waals surface area contributed by atoms with Gasteiger partial charge in [0.25, 0.3) is 5.91 Å². The molecule has 166 valence electrons. The molecule has 1 saturated carbocycles. The van der Waals surface area contributed by atoms with Crippen molar-refractivity contribution in [3.05, 3.63) is 30.4 Å². The van der Waals surface area contributed by atoms with Gasteiger partial charge in [-0.2, -0.15) is 0 Å². The van der Waals surface area contributed by atoms with Gasteiger partial charge in [0.05, 0.1) is 13.2 Å². The van der Waals surface area contributed by atoms with Gasteiger partial charge in [-0.1, -0.05) is 0 Å². The molecule has 4 heterocycles. The summed E-state index contributed by atoms with van der Waals surface area (Å²) in [7, 11) is 2.13. The van der Waals surface area contributed by atoms with Crippen LogP contribution in [0.4, 0.5) is 5.95 Å². The Hall–Kier alpha value is -2.45. The third-order valence-electron chi connectivity index (χ3n) is 6.54. The number of amides is 1. The van der Waals surface area contributed by atoms with Crippen LogP contribution < -0.4 is 4.90 Å². The summed E-state index contributed by atoms with van der Waals surface area (Å²) in [6.07, 6.45) is 9.41. The molecule has 0 N–H and O–H groups in total. The van der Waals surface area contributed by atoms with Crippen molar-refractivity contribution in [1.29, 1.82) is 0 Å². The molecule has 0 spiro atoms. The van der Waals surface area contributed by atoms with E-state index in [9.17, 15) is 4.79 Å². The predicted octanol–water partition coefficient (Wildman–Crippen LogP) is 1.97. The van der Waals surface area contributed by atoms with Gasteiger partial charge in [0.15, 0.2) is 0 Å². The van der Waals surface area contributed by atoms with Gasteiger partial charge in [0.2, 0.25) is 5.95 Å². The maximum atomic E-state index is 13.4. The molecule has 0 bridgehead atoms. The van der Waals surface area contributed by atoms with Crippen LogP contribution in [0, 0.1) is 5.92 Å². The molecule has 31 heavy (non-hydrogen) atoms. The Morgan fingerprint density at radius 3 is 2.55 bits per heavy atom. The zero-order valence-electron chi connectivity index (χ0n) is 18.4. The monoisotopic (exact) mass is 424 g/mol. The number of nitrogens with zero attached hydrogens (tertiary/aromatic N) is 6. The fourth-order valence-electron chi connectivity index (χ4n) is 4.39. The Bertz CT molecular complexity index is 901. The van der Waals surface area contributed by atoms with Crippen molar-refractivity contribution >= 4 is 11.9 Å². The molecule has 0 unspecified atom stereocenters. The van der Waals surface area contributed by atoms with Gasteiger partial charge >= 0.3 is 0 Å². The summed E-state index contributed by atoms with van der Waals surface area (Å²) in [5, 5.41) is 0. The minimum Gasteiger partial charge on any atom is -0.378 e. The Morgan fingerprint density at radius 2 is 1.81 bits per heavy atom. The number of morpholine rings is 1. The number of ether oxygens (including phenoxy) is 1. The molecular formula is C23H32N6O2. The molecular weight excluding hydrogens is 392 g/mol. The van der Waals surface area contributed by atoms with Crippen LogP contribution in [0.15, 0.2) is 24.7 Å². The SMILES string of the molecule is CN1CCCN(C(=O)c2cc(-c3cnc(N4CCOCC4)nc3)cn2CC2CC2)CC1. The highest BCUT2D eigenvalue weighted by molar-refractivity contribution is 5.94. The predicted molar refractivity (Wildman–Crippen MR) is 119 cm³/mol. The lowest BCUT2D eigenvalue weighted by molar-refractivity contribution is 0.0751. The first-order valence-electron chi connectivity index (χ1n) is 11.5. The minimum absolute atomic E-state index is 0.146. The van der Waals surface area contributed by atoms with Crippen LogP contribution in [0.2, 0.25) is 0 Å². The van der Waals surface area contributed by atoms with Crippen molar-refractivity contribution < 1.29 is 9.53 Å². The zero-order valence-corrected chi connectivity index (χ0v) is 18.4. The van der Waals surface area contributed by atoms with Crippen molar-refractivity contribution in [3.63, 3.8) is 0 Å². The van der Waals surface area contributed by atoms with E-state index >= 15 is 0 Å². The average molecular weight is 425 g/mol. The van der Waals surface area contributed by atoms with Gasteiger partial charge in [-0.25, -0.2) is 9.97 Å². The van der Waals surface area contributed by atoms with E-state index in [0.717, 1.165) is 75.0 Å².